The minimum atomic E-state index is -0.140. The Morgan fingerprint density at radius 1 is 1.20 bits per heavy atom. The minimum absolute atomic E-state index is 0.0588. The molecule has 0 amide bonds. The lowest BCUT2D eigenvalue weighted by atomic mass is 10.0. The summed E-state index contributed by atoms with van der Waals surface area (Å²) in [7, 11) is 1.43. The largest absolute Gasteiger partial charge is 0.469 e. The first-order valence-electron chi connectivity index (χ1n) is 5.78. The van der Waals surface area contributed by atoms with Crippen LogP contribution in [0.4, 0.5) is 0 Å². The smallest absolute Gasteiger partial charge is 0.309 e. The molecule has 1 N–H and O–H groups in total. The Morgan fingerprint density at radius 3 is 2.27 bits per heavy atom. The molecular formula is C12H25NO2. The van der Waals surface area contributed by atoms with Gasteiger partial charge in [-0.25, -0.2) is 0 Å². The molecule has 2 unspecified atom stereocenters. The number of carbonyl (C=O) groups excluding carboxylic acids is 1. The van der Waals surface area contributed by atoms with Crippen LogP contribution in [0, 0.1) is 11.8 Å². The molecule has 0 bridgehead atoms. The fraction of sp³-hybridized carbons (Fsp3) is 0.917. The predicted molar refractivity (Wildman–Crippen MR) is 62.7 cm³/mol. The zero-order valence-corrected chi connectivity index (χ0v) is 10.7. The number of esters is 1. The highest BCUT2D eigenvalue weighted by Crippen LogP contribution is 2.06. The molecule has 0 radical (unpaired) electrons. The van der Waals surface area contributed by atoms with Crippen LogP contribution in [0.3, 0.4) is 0 Å². The van der Waals surface area contributed by atoms with E-state index in [1.807, 2.05) is 6.92 Å². The third kappa shape index (κ3) is 7.37. The Bertz CT molecular complexity index is 180. The fourth-order valence-corrected chi connectivity index (χ4v) is 1.35. The van der Waals surface area contributed by atoms with Crippen LogP contribution in [-0.4, -0.2) is 25.7 Å². The Morgan fingerprint density at radius 2 is 1.80 bits per heavy atom. The zero-order chi connectivity index (χ0) is 11.8. The SMILES string of the molecule is COC(=O)C(C)CNC(C)CCC(C)C. The van der Waals surface area contributed by atoms with E-state index in [9.17, 15) is 4.79 Å². The molecule has 90 valence electrons. The monoisotopic (exact) mass is 215 g/mol. The lowest BCUT2D eigenvalue weighted by Gasteiger charge is -2.17. The number of carbonyl (C=O) groups is 1. The van der Waals surface area contributed by atoms with Gasteiger partial charge in [0.05, 0.1) is 13.0 Å². The van der Waals surface area contributed by atoms with Gasteiger partial charge in [0.2, 0.25) is 0 Å². The van der Waals surface area contributed by atoms with Gasteiger partial charge in [-0.3, -0.25) is 4.79 Å². The standard InChI is InChI=1S/C12H25NO2/c1-9(2)6-7-11(4)13-8-10(3)12(14)15-5/h9-11,13H,6-8H2,1-5H3. The molecule has 0 aromatic carbocycles. The van der Waals surface area contributed by atoms with Crippen LogP contribution in [0.15, 0.2) is 0 Å². The van der Waals surface area contributed by atoms with Crippen molar-refractivity contribution in [2.24, 2.45) is 11.8 Å². The van der Waals surface area contributed by atoms with Crippen molar-refractivity contribution in [3.8, 4) is 0 Å². The quantitative estimate of drug-likeness (QED) is 0.662. The second-order valence-corrected chi connectivity index (χ2v) is 4.70. The maximum Gasteiger partial charge on any atom is 0.309 e. The number of hydrogen-bond donors (Lipinski definition) is 1. The van der Waals surface area contributed by atoms with Gasteiger partial charge in [0.1, 0.15) is 0 Å². The molecule has 0 aliphatic carbocycles. The molecule has 3 heteroatoms. The highest BCUT2D eigenvalue weighted by molar-refractivity contribution is 5.72. The van der Waals surface area contributed by atoms with E-state index in [0.717, 1.165) is 12.3 Å². The lowest BCUT2D eigenvalue weighted by molar-refractivity contribution is -0.144. The van der Waals surface area contributed by atoms with Crippen molar-refractivity contribution in [1.82, 2.24) is 5.32 Å². The van der Waals surface area contributed by atoms with E-state index >= 15 is 0 Å². The summed E-state index contributed by atoms with van der Waals surface area (Å²) in [6.07, 6.45) is 2.38. The van der Waals surface area contributed by atoms with Gasteiger partial charge in [0.25, 0.3) is 0 Å². The van der Waals surface area contributed by atoms with Gasteiger partial charge in [-0.1, -0.05) is 20.8 Å². The van der Waals surface area contributed by atoms with Crippen molar-refractivity contribution in [1.29, 1.82) is 0 Å². The second kappa shape index (κ2) is 7.69. The summed E-state index contributed by atoms with van der Waals surface area (Å²) in [6, 6.07) is 0.472. The number of hydrogen-bond acceptors (Lipinski definition) is 3. The third-order valence-corrected chi connectivity index (χ3v) is 2.55. The van der Waals surface area contributed by atoms with Gasteiger partial charge in [-0.15, -0.1) is 0 Å². The lowest BCUT2D eigenvalue weighted by Crippen LogP contribution is -2.33. The summed E-state index contributed by atoms with van der Waals surface area (Å²) in [4.78, 5) is 11.1. The van der Waals surface area contributed by atoms with Crippen LogP contribution in [-0.2, 0) is 9.53 Å². The minimum Gasteiger partial charge on any atom is -0.469 e. The molecule has 15 heavy (non-hydrogen) atoms. The van der Waals surface area contributed by atoms with Crippen LogP contribution in [0.5, 0.6) is 0 Å². The predicted octanol–water partition coefficient (Wildman–Crippen LogP) is 2.21. The highest BCUT2D eigenvalue weighted by Gasteiger charge is 2.13. The molecule has 2 atom stereocenters. The first-order chi connectivity index (χ1) is 6.97. The van der Waals surface area contributed by atoms with E-state index in [4.69, 9.17) is 0 Å². The molecule has 0 aromatic heterocycles. The second-order valence-electron chi connectivity index (χ2n) is 4.70. The van der Waals surface area contributed by atoms with E-state index in [0.29, 0.717) is 12.6 Å². The average molecular weight is 215 g/mol. The maximum atomic E-state index is 11.1. The Balaban J connectivity index is 3.61. The number of ether oxygens (including phenoxy) is 1. The summed E-state index contributed by atoms with van der Waals surface area (Å²) < 4.78 is 4.66. The normalized spacial score (nSPS) is 15.1. The van der Waals surface area contributed by atoms with Crippen molar-refractivity contribution < 1.29 is 9.53 Å². The summed E-state index contributed by atoms with van der Waals surface area (Å²) in [6.45, 7) is 9.19. The van der Waals surface area contributed by atoms with E-state index in [1.165, 1.54) is 13.5 Å². The molecule has 0 aromatic rings. The Labute approximate surface area is 93.6 Å². The first kappa shape index (κ1) is 14.4. The maximum absolute atomic E-state index is 11.1. The highest BCUT2D eigenvalue weighted by atomic mass is 16.5. The summed E-state index contributed by atoms with van der Waals surface area (Å²) in [5.41, 5.74) is 0. The summed E-state index contributed by atoms with van der Waals surface area (Å²) in [5.74, 6) is 0.544. The summed E-state index contributed by atoms with van der Waals surface area (Å²) >= 11 is 0. The molecule has 0 aliphatic rings. The summed E-state index contributed by atoms with van der Waals surface area (Å²) in [5, 5.41) is 3.35. The first-order valence-corrected chi connectivity index (χ1v) is 5.78. The molecule has 0 heterocycles. The third-order valence-electron chi connectivity index (χ3n) is 2.55. The molecule has 3 nitrogen and oxygen atoms in total. The Kier molecular flexibility index (Phi) is 7.39. The Hall–Kier alpha value is -0.570. The van der Waals surface area contributed by atoms with Crippen LogP contribution < -0.4 is 5.32 Å². The molecule has 0 aliphatic heterocycles. The van der Waals surface area contributed by atoms with Crippen LogP contribution in [0.2, 0.25) is 0 Å². The van der Waals surface area contributed by atoms with Crippen LogP contribution >= 0.6 is 0 Å². The van der Waals surface area contributed by atoms with E-state index < -0.39 is 0 Å². The van der Waals surface area contributed by atoms with E-state index in [2.05, 4.69) is 30.8 Å². The molecule has 0 saturated carbocycles. The molecular weight excluding hydrogens is 190 g/mol. The van der Waals surface area contributed by atoms with Crippen molar-refractivity contribution in [3.63, 3.8) is 0 Å². The number of methoxy groups -OCH3 is 1. The average Bonchev–Trinajstić information content (AvgIpc) is 2.21. The van der Waals surface area contributed by atoms with Gasteiger partial charge in [0, 0.05) is 12.6 Å². The van der Waals surface area contributed by atoms with E-state index in [-0.39, 0.29) is 11.9 Å². The van der Waals surface area contributed by atoms with Crippen molar-refractivity contribution in [2.45, 2.75) is 46.6 Å². The molecule has 0 saturated heterocycles. The van der Waals surface area contributed by atoms with Gasteiger partial charge < -0.3 is 10.1 Å². The topological polar surface area (TPSA) is 38.3 Å². The van der Waals surface area contributed by atoms with E-state index in [1.54, 1.807) is 0 Å². The van der Waals surface area contributed by atoms with Gasteiger partial charge in [0.15, 0.2) is 0 Å². The van der Waals surface area contributed by atoms with Crippen molar-refractivity contribution in [3.05, 3.63) is 0 Å². The molecule has 0 rings (SSSR count). The van der Waals surface area contributed by atoms with Crippen LogP contribution in [0.1, 0.15) is 40.5 Å². The number of rotatable bonds is 7. The van der Waals surface area contributed by atoms with Crippen LogP contribution in [0.25, 0.3) is 0 Å². The van der Waals surface area contributed by atoms with Gasteiger partial charge >= 0.3 is 5.97 Å². The van der Waals surface area contributed by atoms with Crippen molar-refractivity contribution in [2.75, 3.05) is 13.7 Å². The van der Waals surface area contributed by atoms with Crippen molar-refractivity contribution >= 4 is 5.97 Å². The fourth-order valence-electron chi connectivity index (χ4n) is 1.35. The molecule has 0 spiro atoms. The van der Waals surface area contributed by atoms with Gasteiger partial charge in [-0.2, -0.15) is 0 Å². The number of nitrogens with one attached hydrogen (secondary N) is 1. The molecule has 0 fully saturated rings. The zero-order valence-electron chi connectivity index (χ0n) is 10.7. The van der Waals surface area contributed by atoms with Gasteiger partial charge in [-0.05, 0) is 25.7 Å².